The Bertz CT molecular complexity index is 873. The van der Waals surface area contributed by atoms with E-state index >= 15 is 0 Å². The molecule has 7 heteroatoms. The maximum Gasteiger partial charge on any atom is 0.346 e. The average Bonchev–Trinajstić information content (AvgIpc) is 3.17. The molecule has 1 unspecified atom stereocenters. The number of aromatic nitrogens is 3. The van der Waals surface area contributed by atoms with Gasteiger partial charge in [-0.25, -0.2) is 9.48 Å². The molecule has 1 aromatic carbocycles. The van der Waals surface area contributed by atoms with Crippen molar-refractivity contribution in [1.82, 2.24) is 24.1 Å². The quantitative estimate of drug-likeness (QED) is 0.781. The van der Waals surface area contributed by atoms with E-state index in [1.807, 2.05) is 30.0 Å². The van der Waals surface area contributed by atoms with E-state index in [0.29, 0.717) is 18.4 Å². The van der Waals surface area contributed by atoms with E-state index in [1.54, 1.807) is 4.57 Å². The van der Waals surface area contributed by atoms with Crippen LogP contribution in [0.2, 0.25) is 0 Å². The molecule has 2 aliphatic heterocycles. The highest BCUT2D eigenvalue weighted by Crippen LogP contribution is 2.21. The Labute approximate surface area is 165 Å². The van der Waals surface area contributed by atoms with E-state index in [9.17, 15) is 9.59 Å². The fourth-order valence-corrected chi connectivity index (χ4v) is 4.46. The lowest BCUT2D eigenvalue weighted by Gasteiger charge is -2.25. The molecule has 28 heavy (non-hydrogen) atoms. The van der Waals surface area contributed by atoms with Crippen LogP contribution in [-0.4, -0.2) is 62.3 Å². The summed E-state index contributed by atoms with van der Waals surface area (Å²) < 4.78 is 3.00. The fraction of sp³-hybridized carbons (Fsp3) is 0.571. The Morgan fingerprint density at radius 3 is 2.75 bits per heavy atom. The number of hydrogen-bond donors (Lipinski definition) is 0. The van der Waals surface area contributed by atoms with E-state index in [4.69, 9.17) is 0 Å². The van der Waals surface area contributed by atoms with Gasteiger partial charge in [-0.05, 0) is 44.7 Å². The van der Waals surface area contributed by atoms with Gasteiger partial charge in [-0.2, -0.15) is 5.10 Å². The second-order valence-electron chi connectivity index (χ2n) is 7.90. The maximum atomic E-state index is 12.9. The summed E-state index contributed by atoms with van der Waals surface area (Å²) >= 11 is 0. The molecule has 150 valence electrons. The summed E-state index contributed by atoms with van der Waals surface area (Å²) in [4.78, 5) is 30.1. The minimum absolute atomic E-state index is 0.00330. The molecule has 1 aromatic heterocycles. The number of carbonyl (C=O) groups is 1. The monoisotopic (exact) mass is 383 g/mol. The van der Waals surface area contributed by atoms with Gasteiger partial charge < -0.3 is 4.90 Å². The maximum absolute atomic E-state index is 12.9. The van der Waals surface area contributed by atoms with Crippen molar-refractivity contribution in [3.05, 3.63) is 52.2 Å². The Morgan fingerprint density at radius 2 is 1.93 bits per heavy atom. The van der Waals surface area contributed by atoms with Crippen molar-refractivity contribution < 1.29 is 4.79 Å². The number of fused-ring (bicyclic) bond motifs is 1. The first kappa shape index (κ1) is 18.9. The van der Waals surface area contributed by atoms with Gasteiger partial charge in [0, 0.05) is 32.2 Å². The minimum atomic E-state index is -0.195. The number of nitrogens with zero attached hydrogens (tertiary/aromatic N) is 5. The van der Waals surface area contributed by atoms with Crippen LogP contribution < -0.4 is 5.69 Å². The highest BCUT2D eigenvalue weighted by Gasteiger charge is 2.30. The van der Waals surface area contributed by atoms with Gasteiger partial charge in [0.15, 0.2) is 0 Å². The summed E-state index contributed by atoms with van der Waals surface area (Å²) in [7, 11) is 0. The molecule has 0 aliphatic carbocycles. The number of amides is 1. The summed E-state index contributed by atoms with van der Waals surface area (Å²) in [5, 5.41) is 4.36. The zero-order chi connectivity index (χ0) is 19.5. The third-order valence-electron chi connectivity index (χ3n) is 6.02. The first-order valence-corrected chi connectivity index (χ1v) is 10.3. The molecule has 7 nitrogen and oxygen atoms in total. The molecule has 2 saturated heterocycles. The topological polar surface area (TPSA) is 63.4 Å². The SMILES string of the molecule is Cc1nn(CC(=O)N2CCCN3CCCC3C2)c(=O)n1CCc1ccccc1. The zero-order valence-electron chi connectivity index (χ0n) is 16.6. The van der Waals surface area contributed by atoms with Crippen LogP contribution in [0.1, 0.15) is 30.7 Å². The van der Waals surface area contributed by atoms with Gasteiger partial charge in [0.25, 0.3) is 0 Å². The molecular weight excluding hydrogens is 354 g/mol. The summed E-state index contributed by atoms with van der Waals surface area (Å²) in [6, 6.07) is 10.6. The molecule has 2 aromatic rings. The molecule has 0 saturated carbocycles. The van der Waals surface area contributed by atoms with Gasteiger partial charge in [-0.15, -0.1) is 0 Å². The fourth-order valence-electron chi connectivity index (χ4n) is 4.46. The third-order valence-corrected chi connectivity index (χ3v) is 6.02. The summed E-state index contributed by atoms with van der Waals surface area (Å²) in [5.74, 6) is 0.662. The van der Waals surface area contributed by atoms with Gasteiger partial charge in [-0.3, -0.25) is 14.3 Å². The number of carbonyl (C=O) groups excluding carboxylic acids is 1. The first-order valence-electron chi connectivity index (χ1n) is 10.3. The normalized spacial score (nSPS) is 20.2. The second kappa shape index (κ2) is 8.31. The first-order chi connectivity index (χ1) is 13.6. The smallest absolute Gasteiger partial charge is 0.339 e. The van der Waals surface area contributed by atoms with Crippen LogP contribution in [0, 0.1) is 6.92 Å². The molecule has 0 bridgehead atoms. The minimum Gasteiger partial charge on any atom is -0.339 e. The lowest BCUT2D eigenvalue weighted by molar-refractivity contribution is -0.132. The van der Waals surface area contributed by atoms with E-state index in [1.165, 1.54) is 16.7 Å². The van der Waals surface area contributed by atoms with Crippen molar-refractivity contribution in [3.63, 3.8) is 0 Å². The van der Waals surface area contributed by atoms with Crippen LogP contribution in [0.15, 0.2) is 35.1 Å². The molecule has 2 aliphatic rings. The zero-order valence-corrected chi connectivity index (χ0v) is 16.6. The van der Waals surface area contributed by atoms with Gasteiger partial charge in [0.05, 0.1) is 0 Å². The van der Waals surface area contributed by atoms with Crippen LogP contribution in [-0.2, 0) is 24.3 Å². The Hall–Kier alpha value is -2.41. The van der Waals surface area contributed by atoms with Gasteiger partial charge in [-0.1, -0.05) is 30.3 Å². The number of hydrogen-bond acceptors (Lipinski definition) is 4. The highest BCUT2D eigenvalue weighted by molar-refractivity contribution is 5.76. The van der Waals surface area contributed by atoms with E-state index in [-0.39, 0.29) is 18.1 Å². The molecular formula is C21H29N5O2. The van der Waals surface area contributed by atoms with Crippen molar-refractivity contribution in [3.8, 4) is 0 Å². The van der Waals surface area contributed by atoms with Crippen LogP contribution >= 0.6 is 0 Å². The lowest BCUT2D eigenvalue weighted by Crippen LogP contribution is -2.42. The molecule has 4 rings (SSSR count). The largest absolute Gasteiger partial charge is 0.346 e. The predicted octanol–water partition coefficient (Wildman–Crippen LogP) is 1.29. The molecule has 1 atom stereocenters. The number of benzene rings is 1. The van der Waals surface area contributed by atoms with E-state index in [2.05, 4.69) is 22.1 Å². The van der Waals surface area contributed by atoms with Gasteiger partial charge >= 0.3 is 5.69 Å². The molecule has 2 fully saturated rings. The summed E-state index contributed by atoms with van der Waals surface area (Å²) in [5.41, 5.74) is 0.988. The van der Waals surface area contributed by atoms with Crippen LogP contribution in [0.5, 0.6) is 0 Å². The Morgan fingerprint density at radius 1 is 1.14 bits per heavy atom. The highest BCUT2D eigenvalue weighted by atomic mass is 16.2. The number of rotatable bonds is 5. The van der Waals surface area contributed by atoms with Crippen molar-refractivity contribution in [2.45, 2.75) is 51.7 Å². The number of aryl methyl sites for hydroxylation is 2. The van der Waals surface area contributed by atoms with E-state index in [0.717, 1.165) is 45.4 Å². The molecule has 1 amide bonds. The third kappa shape index (κ3) is 4.04. The standard InChI is InChI=1S/C21H29N5O2/c1-17-22-26(21(28)25(17)14-10-18-7-3-2-4-8-18)16-20(27)24-13-6-12-23-11-5-9-19(23)15-24/h2-4,7-8,19H,5-6,9-16H2,1H3. The van der Waals surface area contributed by atoms with Crippen molar-refractivity contribution in [2.75, 3.05) is 26.2 Å². The summed E-state index contributed by atoms with van der Waals surface area (Å²) in [6.45, 7) is 6.21. The van der Waals surface area contributed by atoms with Crippen LogP contribution in [0.4, 0.5) is 0 Å². The van der Waals surface area contributed by atoms with Crippen LogP contribution in [0.25, 0.3) is 0 Å². The predicted molar refractivity (Wildman–Crippen MR) is 107 cm³/mol. The Balaban J connectivity index is 1.41. The van der Waals surface area contributed by atoms with Crippen molar-refractivity contribution in [2.24, 2.45) is 0 Å². The lowest BCUT2D eigenvalue weighted by atomic mass is 10.1. The van der Waals surface area contributed by atoms with Crippen molar-refractivity contribution in [1.29, 1.82) is 0 Å². The van der Waals surface area contributed by atoms with Gasteiger partial charge in [0.2, 0.25) is 5.91 Å². The molecule has 0 spiro atoms. The Kier molecular flexibility index (Phi) is 5.62. The van der Waals surface area contributed by atoms with E-state index < -0.39 is 0 Å². The molecule has 0 radical (unpaired) electrons. The molecule has 0 N–H and O–H groups in total. The average molecular weight is 383 g/mol. The van der Waals surface area contributed by atoms with Crippen LogP contribution in [0.3, 0.4) is 0 Å². The molecule has 3 heterocycles. The summed E-state index contributed by atoms with van der Waals surface area (Å²) in [6.07, 6.45) is 4.15. The van der Waals surface area contributed by atoms with Gasteiger partial charge in [0.1, 0.15) is 12.4 Å². The van der Waals surface area contributed by atoms with Crippen molar-refractivity contribution >= 4 is 5.91 Å². The second-order valence-corrected chi connectivity index (χ2v) is 7.90.